The quantitative estimate of drug-likeness (QED) is 0.282. The van der Waals surface area contributed by atoms with E-state index in [-0.39, 0.29) is 35.7 Å². The number of rotatable bonds is 11. The summed E-state index contributed by atoms with van der Waals surface area (Å²) in [5.74, 6) is -4.68. The molecule has 44 heavy (non-hydrogen) atoms. The van der Waals surface area contributed by atoms with Crippen LogP contribution in [0.25, 0.3) is 22.4 Å². The molecule has 2 fully saturated rings. The normalized spacial score (nSPS) is 20.7. The molecule has 2 N–H and O–H groups in total. The average molecular weight is 640 g/mol. The van der Waals surface area contributed by atoms with Gasteiger partial charge in [-0.15, -0.1) is 0 Å². The molecule has 0 aliphatic heterocycles. The highest BCUT2D eigenvalue weighted by Gasteiger charge is 2.46. The molecule has 2 aromatic heterocycles. The number of fused-ring (bicyclic) bond motifs is 1. The van der Waals surface area contributed by atoms with Crippen molar-refractivity contribution in [3.05, 3.63) is 40.6 Å². The van der Waals surface area contributed by atoms with E-state index in [0.717, 1.165) is 31.7 Å². The first-order valence-corrected chi connectivity index (χ1v) is 16.4. The van der Waals surface area contributed by atoms with Crippen LogP contribution in [0.5, 0.6) is 0 Å². The lowest BCUT2D eigenvalue weighted by atomic mass is 9.83. The third-order valence-corrected chi connectivity index (χ3v) is 9.82. The minimum Gasteiger partial charge on any atom is -0.351 e. The second-order valence-corrected chi connectivity index (χ2v) is 13.9. The third-order valence-electron chi connectivity index (χ3n) is 8.38. The zero-order valence-electron chi connectivity index (χ0n) is 24.9. The summed E-state index contributed by atoms with van der Waals surface area (Å²) in [6, 6.07) is 3.69. The molecule has 0 saturated heterocycles. The molecular formula is C29H37F4N7O3S. The monoisotopic (exact) mass is 639 g/mol. The first kappa shape index (κ1) is 32.1. The van der Waals surface area contributed by atoms with Gasteiger partial charge >= 0.3 is 0 Å². The topological polar surface area (TPSA) is 122 Å². The van der Waals surface area contributed by atoms with Crippen LogP contribution in [0.3, 0.4) is 0 Å². The molecular weight excluding hydrogens is 602 g/mol. The summed E-state index contributed by atoms with van der Waals surface area (Å²) in [5.41, 5.74) is -0.163. The van der Waals surface area contributed by atoms with E-state index in [1.807, 2.05) is 25.8 Å². The van der Waals surface area contributed by atoms with Crippen LogP contribution in [-0.4, -0.2) is 76.9 Å². The van der Waals surface area contributed by atoms with Gasteiger partial charge in [0.25, 0.3) is 5.56 Å². The van der Waals surface area contributed by atoms with Gasteiger partial charge in [0.05, 0.1) is 17.6 Å². The van der Waals surface area contributed by atoms with Gasteiger partial charge in [-0.1, -0.05) is 6.07 Å². The lowest BCUT2D eigenvalue weighted by Gasteiger charge is -2.34. The molecule has 0 spiro atoms. The van der Waals surface area contributed by atoms with Gasteiger partial charge in [-0.3, -0.25) is 14.1 Å². The van der Waals surface area contributed by atoms with Gasteiger partial charge < -0.3 is 10.2 Å². The van der Waals surface area contributed by atoms with E-state index in [1.165, 1.54) is 22.9 Å². The number of sulfonamides is 1. The van der Waals surface area contributed by atoms with E-state index in [9.17, 15) is 26.4 Å². The fraction of sp³-hybridized carbons (Fsp3) is 0.586. The molecule has 2 aliphatic carbocycles. The smallest absolute Gasteiger partial charge is 0.278 e. The van der Waals surface area contributed by atoms with Crippen molar-refractivity contribution < 1.29 is 26.0 Å². The molecule has 0 unspecified atom stereocenters. The van der Waals surface area contributed by atoms with Gasteiger partial charge in [0, 0.05) is 43.1 Å². The van der Waals surface area contributed by atoms with Crippen molar-refractivity contribution >= 4 is 32.8 Å². The van der Waals surface area contributed by atoms with E-state index < -0.39 is 51.8 Å². The van der Waals surface area contributed by atoms with E-state index in [2.05, 4.69) is 25.0 Å². The average Bonchev–Trinajstić information content (AvgIpc) is 2.93. The molecule has 0 atom stereocenters. The number of halogens is 4. The minimum absolute atomic E-state index is 0.0590. The standard InChI is InChI=1S/C29H37F4N7O3S/c1-17(2)40-26-24(15-34-28(37-26)35-20-5-7-21(8-6-20)39(3)11-10-30)36-25(27(40)41)19-4-9-23(22(31)12-19)38-44(42,43)16-18-13-29(32,33)14-18/h4,9,12,15,17-18,20-21,38H,5-8,10-11,13-14,16H2,1-3H3,(H,34,35,37)/t20-,21-. The number of nitrogens with zero attached hydrogens (tertiary/aromatic N) is 5. The molecule has 2 heterocycles. The van der Waals surface area contributed by atoms with Crippen LogP contribution in [0.1, 0.15) is 58.4 Å². The Labute approximate surface area is 253 Å². The molecule has 15 heteroatoms. The van der Waals surface area contributed by atoms with Crippen LogP contribution in [0, 0.1) is 11.7 Å². The summed E-state index contributed by atoms with van der Waals surface area (Å²) in [6.45, 7) is 3.67. The van der Waals surface area contributed by atoms with Crippen LogP contribution in [0.2, 0.25) is 0 Å². The number of benzene rings is 1. The number of nitrogens with one attached hydrogen (secondary N) is 2. The SMILES string of the molecule is CC(C)n1c(=O)c(-c2ccc(NS(=O)(=O)CC3CC(F)(F)C3)c(F)c2)nc2cnc(N[C@H]3CC[C@H](N(C)CCF)CC3)nc21. The van der Waals surface area contributed by atoms with Gasteiger partial charge in [0.15, 0.2) is 5.65 Å². The summed E-state index contributed by atoms with van der Waals surface area (Å²) in [5, 5.41) is 3.35. The van der Waals surface area contributed by atoms with Crippen molar-refractivity contribution in [2.45, 2.75) is 76.4 Å². The predicted molar refractivity (Wildman–Crippen MR) is 161 cm³/mol. The van der Waals surface area contributed by atoms with Crippen molar-refractivity contribution in [2.24, 2.45) is 5.92 Å². The Morgan fingerprint density at radius 2 is 1.84 bits per heavy atom. The summed E-state index contributed by atoms with van der Waals surface area (Å²) in [7, 11) is -2.13. The van der Waals surface area contributed by atoms with E-state index in [4.69, 9.17) is 0 Å². The molecule has 3 aromatic rings. The van der Waals surface area contributed by atoms with E-state index in [0.29, 0.717) is 29.7 Å². The zero-order valence-corrected chi connectivity index (χ0v) is 25.7. The van der Waals surface area contributed by atoms with E-state index in [1.54, 1.807) is 0 Å². The summed E-state index contributed by atoms with van der Waals surface area (Å²) >= 11 is 0. The highest BCUT2D eigenvalue weighted by atomic mass is 32.2. The molecule has 240 valence electrons. The Kier molecular flexibility index (Phi) is 9.17. The maximum absolute atomic E-state index is 15.1. The summed E-state index contributed by atoms with van der Waals surface area (Å²) < 4.78 is 82.5. The Hall–Kier alpha value is -3.33. The predicted octanol–water partition coefficient (Wildman–Crippen LogP) is 4.98. The second kappa shape index (κ2) is 12.6. The molecule has 0 amide bonds. The van der Waals surface area contributed by atoms with Crippen LogP contribution in [-0.2, 0) is 10.0 Å². The molecule has 2 aliphatic rings. The first-order valence-electron chi connectivity index (χ1n) is 14.8. The Bertz CT molecular complexity index is 1670. The largest absolute Gasteiger partial charge is 0.351 e. The number of hydrogen-bond acceptors (Lipinski definition) is 8. The van der Waals surface area contributed by atoms with Gasteiger partial charge in [-0.2, -0.15) is 4.98 Å². The molecule has 2 saturated carbocycles. The number of alkyl halides is 3. The van der Waals surface area contributed by atoms with Crippen molar-refractivity contribution in [3.63, 3.8) is 0 Å². The van der Waals surface area contributed by atoms with E-state index >= 15 is 4.39 Å². The molecule has 0 radical (unpaired) electrons. The summed E-state index contributed by atoms with van der Waals surface area (Å²) in [4.78, 5) is 29.1. The Morgan fingerprint density at radius 3 is 2.45 bits per heavy atom. The van der Waals surface area contributed by atoms with Gasteiger partial charge in [0.2, 0.25) is 21.9 Å². The van der Waals surface area contributed by atoms with Gasteiger partial charge in [0.1, 0.15) is 23.7 Å². The number of anilines is 2. The number of hydrogen-bond donors (Lipinski definition) is 2. The van der Waals surface area contributed by atoms with Gasteiger partial charge in [-0.25, -0.2) is 35.9 Å². The lowest BCUT2D eigenvalue weighted by Crippen LogP contribution is -2.40. The fourth-order valence-corrected chi connectivity index (χ4v) is 7.50. The van der Waals surface area contributed by atoms with Crippen LogP contribution >= 0.6 is 0 Å². The second-order valence-electron chi connectivity index (χ2n) is 12.2. The highest BCUT2D eigenvalue weighted by Crippen LogP contribution is 2.43. The fourth-order valence-electron chi connectivity index (χ4n) is 6.06. The maximum atomic E-state index is 15.1. The third kappa shape index (κ3) is 7.14. The molecule has 10 nitrogen and oxygen atoms in total. The summed E-state index contributed by atoms with van der Waals surface area (Å²) in [6.07, 6.45) is 4.02. The molecule has 0 bridgehead atoms. The zero-order chi connectivity index (χ0) is 31.8. The molecule has 1 aromatic carbocycles. The Balaban J connectivity index is 1.35. The highest BCUT2D eigenvalue weighted by molar-refractivity contribution is 7.92. The van der Waals surface area contributed by atoms with Crippen LogP contribution < -0.4 is 15.6 Å². The number of aromatic nitrogens is 4. The maximum Gasteiger partial charge on any atom is 0.278 e. The van der Waals surface area contributed by atoms with Gasteiger partial charge in [-0.05, 0) is 64.6 Å². The first-order chi connectivity index (χ1) is 20.7. The molecule has 5 rings (SSSR count). The lowest BCUT2D eigenvalue weighted by molar-refractivity contribution is -0.103. The minimum atomic E-state index is -4.07. The van der Waals surface area contributed by atoms with Crippen molar-refractivity contribution in [1.82, 2.24) is 24.4 Å². The van der Waals surface area contributed by atoms with Crippen molar-refractivity contribution in [2.75, 3.05) is 36.1 Å². The van der Waals surface area contributed by atoms with Crippen LogP contribution in [0.4, 0.5) is 29.2 Å². The Morgan fingerprint density at radius 1 is 1.14 bits per heavy atom. The van der Waals surface area contributed by atoms with Crippen LogP contribution in [0.15, 0.2) is 29.2 Å². The van der Waals surface area contributed by atoms with Crippen molar-refractivity contribution in [3.8, 4) is 11.3 Å². The van der Waals surface area contributed by atoms with Crippen molar-refractivity contribution in [1.29, 1.82) is 0 Å².